The predicted octanol–water partition coefficient (Wildman–Crippen LogP) is 25.1. The molecular formula is C103H89BN8. The highest BCUT2D eigenvalue weighted by Gasteiger charge is 2.44. The van der Waals surface area contributed by atoms with Crippen molar-refractivity contribution in [3.63, 3.8) is 0 Å². The highest BCUT2D eigenvalue weighted by Crippen LogP contribution is 2.49. The number of aromatic nitrogens is 6. The van der Waals surface area contributed by atoms with Crippen molar-refractivity contribution in [3.05, 3.63) is 344 Å². The Morgan fingerprint density at radius 1 is 0.223 bits per heavy atom. The van der Waals surface area contributed by atoms with Gasteiger partial charge in [0.15, 0.2) is 17.5 Å². The normalized spacial score (nSPS) is 12.9. The van der Waals surface area contributed by atoms with Gasteiger partial charge in [0.2, 0.25) is 0 Å². The Balaban J connectivity index is 0.000000156. The number of rotatable bonds is 8. The fraction of sp³-hybridized carbons (Fsp3) is 0.155. The molecule has 0 aliphatic carbocycles. The standard InChI is InChI=1S/C57H36N6.C46H53BN2/c1-10-28-46-37(19-1)38-20-2-11-29-47(38)61(46)52-34-16-7-25-43(52)55-58-56(44-26-8-17-35-53(44)62-48-30-12-3-21-39(48)40-22-4-13-31-49(40)62)60-57(59-55)45-27-9-18-36-54(45)63-50-32-14-5-23-41(50)42-24-6-15-33-51(42)63;1-43(2,3)30-24-31(44(4,5)6)27-34(26-30)48-38-20-15-13-18-36(38)47-37-19-14-16-21-39(37)49(41-23-17-22-40(48)42(41)47)35-28-32(45(7,8)9)25-33(29-35)46(10,11)12/h1-36H;13-29H,1-12H3. The number of anilines is 6. The van der Waals surface area contributed by atoms with E-state index in [1.807, 2.05) is 0 Å². The zero-order valence-electron chi connectivity index (χ0n) is 65.8. The van der Waals surface area contributed by atoms with Crippen LogP contribution in [0.4, 0.5) is 34.1 Å². The van der Waals surface area contributed by atoms with Gasteiger partial charge in [-0.2, -0.15) is 0 Å². The van der Waals surface area contributed by atoms with E-state index in [0.29, 0.717) is 17.5 Å². The molecular weight excluding hydrogens is 1360 g/mol. The maximum Gasteiger partial charge on any atom is 0.252 e. The molecule has 0 bridgehead atoms. The second-order valence-corrected chi connectivity index (χ2v) is 34.4. The third-order valence-corrected chi connectivity index (χ3v) is 23.2. The van der Waals surface area contributed by atoms with Crippen molar-refractivity contribution < 1.29 is 0 Å². The first kappa shape index (κ1) is 69.6. The highest BCUT2D eigenvalue weighted by atomic mass is 15.2. The number of hydrogen-bond donors (Lipinski definition) is 0. The van der Waals surface area contributed by atoms with E-state index in [4.69, 9.17) is 15.0 Å². The number of hydrogen-bond acceptors (Lipinski definition) is 5. The molecule has 0 N–H and O–H groups in total. The van der Waals surface area contributed by atoms with Crippen LogP contribution in [0, 0.1) is 0 Å². The fourth-order valence-electron chi connectivity index (χ4n) is 17.5. The van der Waals surface area contributed by atoms with Crippen LogP contribution in [-0.2, 0) is 21.7 Å². The van der Waals surface area contributed by atoms with E-state index >= 15 is 0 Å². The fourth-order valence-corrected chi connectivity index (χ4v) is 17.5. The molecule has 14 aromatic carbocycles. The van der Waals surface area contributed by atoms with Gasteiger partial charge in [0.1, 0.15) is 0 Å². The van der Waals surface area contributed by atoms with Gasteiger partial charge in [0.05, 0.1) is 50.2 Å². The summed E-state index contributed by atoms with van der Waals surface area (Å²) in [6.45, 7) is 28.1. The lowest BCUT2D eigenvalue weighted by Crippen LogP contribution is -2.61. The lowest BCUT2D eigenvalue weighted by molar-refractivity contribution is 0.568. The minimum atomic E-state index is 0.0164. The first-order valence-corrected chi connectivity index (χ1v) is 39.4. The molecule has 18 aromatic rings. The largest absolute Gasteiger partial charge is 0.311 e. The number of para-hydroxylation sites is 11. The van der Waals surface area contributed by atoms with Crippen LogP contribution in [0.2, 0.25) is 0 Å². The Kier molecular flexibility index (Phi) is 16.4. The summed E-state index contributed by atoms with van der Waals surface area (Å²) in [6.07, 6.45) is 0. The smallest absolute Gasteiger partial charge is 0.252 e. The molecule has 0 atom stereocenters. The molecule has 0 saturated carbocycles. The molecule has 20 rings (SSSR count). The third-order valence-electron chi connectivity index (χ3n) is 23.2. The number of fused-ring (bicyclic) bond motifs is 13. The second kappa shape index (κ2) is 26.5. The molecule has 112 heavy (non-hydrogen) atoms. The van der Waals surface area contributed by atoms with Crippen molar-refractivity contribution in [2.75, 3.05) is 9.80 Å². The topological polar surface area (TPSA) is 59.9 Å². The van der Waals surface area contributed by atoms with Gasteiger partial charge >= 0.3 is 0 Å². The Morgan fingerprint density at radius 3 is 0.714 bits per heavy atom. The van der Waals surface area contributed by atoms with Crippen molar-refractivity contribution in [1.29, 1.82) is 0 Å². The maximum atomic E-state index is 5.50. The monoisotopic (exact) mass is 1450 g/mol. The molecule has 0 radical (unpaired) electrons. The lowest BCUT2D eigenvalue weighted by atomic mass is 9.33. The lowest BCUT2D eigenvalue weighted by Gasteiger charge is -2.44. The summed E-state index contributed by atoms with van der Waals surface area (Å²) in [7, 11) is 0. The summed E-state index contributed by atoms with van der Waals surface area (Å²) in [5.74, 6) is 1.75. The van der Waals surface area contributed by atoms with Crippen molar-refractivity contribution in [3.8, 4) is 51.2 Å². The van der Waals surface area contributed by atoms with Crippen LogP contribution in [-0.4, -0.2) is 35.4 Å². The molecule has 0 unspecified atom stereocenters. The van der Waals surface area contributed by atoms with Gasteiger partial charge in [-0.15, -0.1) is 0 Å². The third kappa shape index (κ3) is 11.6. The van der Waals surface area contributed by atoms with E-state index in [1.165, 1.54) is 105 Å². The SMILES string of the molecule is CC(C)(C)c1cc(N2c3ccccc3B3c4ccccc4N(c4cc(C(C)(C)C)cc(C(C)(C)C)c4)c4cccc2c43)cc(C(C)(C)C)c1.c1ccc(-n2c3ccccc3c3ccccc32)c(-c2nc(-c3ccccc3-n3c4ccccc4c4ccccc43)nc(-c3ccccc3-n3c4ccccc4c4ccccc43)n2)c1. The van der Waals surface area contributed by atoms with Crippen molar-refractivity contribution >= 4 is 123 Å². The molecule has 8 nitrogen and oxygen atoms in total. The van der Waals surface area contributed by atoms with E-state index in [2.05, 4.69) is 428 Å². The Bertz CT molecular complexity index is 6010. The summed E-state index contributed by atoms with van der Waals surface area (Å²) < 4.78 is 7.05. The highest BCUT2D eigenvalue weighted by molar-refractivity contribution is 7.00. The zero-order valence-corrected chi connectivity index (χ0v) is 65.8. The van der Waals surface area contributed by atoms with Gasteiger partial charge in [-0.1, -0.05) is 283 Å². The molecule has 2 aliphatic heterocycles. The van der Waals surface area contributed by atoms with Gasteiger partial charge < -0.3 is 23.5 Å². The summed E-state index contributed by atoms with van der Waals surface area (Å²) in [5, 5.41) is 7.17. The number of nitrogens with zero attached hydrogens (tertiary/aromatic N) is 8. The van der Waals surface area contributed by atoms with Gasteiger partial charge in [0, 0.05) is 83.1 Å². The summed E-state index contributed by atoms with van der Waals surface area (Å²) in [5.41, 5.74) is 29.5. The molecule has 0 saturated heterocycles. The van der Waals surface area contributed by atoms with Gasteiger partial charge in [-0.25, -0.2) is 15.0 Å². The van der Waals surface area contributed by atoms with Crippen molar-refractivity contribution in [1.82, 2.24) is 28.7 Å². The maximum absolute atomic E-state index is 5.50. The van der Waals surface area contributed by atoms with Crippen LogP contribution >= 0.6 is 0 Å². The Morgan fingerprint density at radius 2 is 0.446 bits per heavy atom. The molecule has 4 aromatic heterocycles. The predicted molar refractivity (Wildman–Crippen MR) is 474 cm³/mol. The minimum Gasteiger partial charge on any atom is -0.311 e. The molecule has 2 aliphatic rings. The Labute approximate surface area is 656 Å². The molecule has 6 heterocycles. The van der Waals surface area contributed by atoms with E-state index in [1.54, 1.807) is 0 Å². The van der Waals surface area contributed by atoms with Crippen LogP contribution in [0.5, 0.6) is 0 Å². The summed E-state index contributed by atoms with van der Waals surface area (Å²) in [6, 6.07) is 117. The van der Waals surface area contributed by atoms with E-state index in [0.717, 1.165) is 66.9 Å². The zero-order chi connectivity index (χ0) is 76.7. The van der Waals surface area contributed by atoms with Crippen molar-refractivity contribution in [2.45, 2.75) is 105 Å². The number of benzene rings is 14. The van der Waals surface area contributed by atoms with Crippen LogP contribution in [0.25, 0.3) is 117 Å². The molecule has 9 heteroatoms. The van der Waals surface area contributed by atoms with Gasteiger partial charge in [-0.3, -0.25) is 0 Å². The Hall–Kier alpha value is -12.8. The summed E-state index contributed by atoms with van der Waals surface area (Å²) in [4.78, 5) is 21.6. The van der Waals surface area contributed by atoms with Crippen LogP contribution in [0.15, 0.2) is 322 Å². The van der Waals surface area contributed by atoms with E-state index < -0.39 is 0 Å². The first-order chi connectivity index (χ1) is 54.1. The average Bonchev–Trinajstić information content (AvgIpc) is 0.957. The van der Waals surface area contributed by atoms with Crippen LogP contribution in [0.1, 0.15) is 105 Å². The van der Waals surface area contributed by atoms with E-state index in [9.17, 15) is 0 Å². The second-order valence-electron chi connectivity index (χ2n) is 34.4. The van der Waals surface area contributed by atoms with Crippen LogP contribution in [0.3, 0.4) is 0 Å². The molecule has 0 amide bonds. The molecule has 0 spiro atoms. The molecule has 544 valence electrons. The van der Waals surface area contributed by atoms with E-state index in [-0.39, 0.29) is 28.4 Å². The van der Waals surface area contributed by atoms with Gasteiger partial charge in [-0.05, 0) is 182 Å². The average molecular weight is 1450 g/mol. The molecule has 0 fully saturated rings. The van der Waals surface area contributed by atoms with Crippen molar-refractivity contribution in [2.24, 2.45) is 0 Å². The summed E-state index contributed by atoms with van der Waals surface area (Å²) >= 11 is 0. The first-order valence-electron chi connectivity index (χ1n) is 39.4. The van der Waals surface area contributed by atoms with Gasteiger partial charge in [0.25, 0.3) is 6.71 Å². The van der Waals surface area contributed by atoms with Crippen LogP contribution < -0.4 is 26.2 Å². The quantitative estimate of drug-likeness (QED) is 0.142. The minimum absolute atomic E-state index is 0.0164.